The Hall–Kier alpha value is -4.93. The Labute approximate surface area is 293 Å². The maximum absolute atomic E-state index is 17.4. The van der Waals surface area contributed by atoms with E-state index in [1.165, 1.54) is 6.08 Å². The smallest absolute Gasteiger partial charge is 0.436 e. The fraction of sp³-hybridized carbons (Fsp3) is 0. The number of para-hydroxylation sites is 2. The average Bonchev–Trinajstić information content (AvgIpc) is 3.15. The molecule has 6 aromatic carbocycles. The van der Waals surface area contributed by atoms with E-state index in [1.54, 1.807) is 158 Å². The highest BCUT2D eigenvalue weighted by atomic mass is 79.9. The van der Waals surface area contributed by atoms with Gasteiger partial charge in [0, 0.05) is 15.6 Å². The van der Waals surface area contributed by atoms with Gasteiger partial charge in [0.2, 0.25) is 5.57 Å². The van der Waals surface area contributed by atoms with Crippen molar-refractivity contribution in [3.05, 3.63) is 203 Å². The van der Waals surface area contributed by atoms with Gasteiger partial charge in [-0.15, -0.1) is 0 Å². The van der Waals surface area contributed by atoms with E-state index in [1.807, 2.05) is 18.2 Å². The van der Waals surface area contributed by atoms with Gasteiger partial charge in [-0.05, 0) is 72.3 Å². The van der Waals surface area contributed by atoms with E-state index in [0.29, 0.717) is 21.7 Å². The molecule has 0 spiro atoms. The summed E-state index contributed by atoms with van der Waals surface area (Å²) in [5, 5.41) is 0.895. The van der Waals surface area contributed by atoms with Crippen LogP contribution in [0.3, 0.4) is 0 Å². The predicted octanol–water partition coefficient (Wildman–Crippen LogP) is 11.4. The molecular formula is C40H30BrFO5P2. The molecule has 0 aliphatic rings. The molecule has 49 heavy (non-hydrogen) atoms. The monoisotopic (exact) mass is 750 g/mol. The summed E-state index contributed by atoms with van der Waals surface area (Å²) in [5.41, 5.74) is -0.455. The Morgan fingerprint density at radius 3 is 1.39 bits per heavy atom. The van der Waals surface area contributed by atoms with Crippen LogP contribution in [0.1, 0.15) is 11.1 Å². The van der Waals surface area contributed by atoms with Crippen LogP contribution >= 0.6 is 30.9 Å². The largest absolute Gasteiger partial charge is 0.491 e. The van der Waals surface area contributed by atoms with Gasteiger partial charge in [0.15, 0.2) is 0 Å². The summed E-state index contributed by atoms with van der Waals surface area (Å²) in [6.07, 6.45) is 1.40. The second-order valence-electron chi connectivity index (χ2n) is 10.7. The first-order valence-corrected chi connectivity index (χ1v) is 19.2. The number of rotatable bonds is 12. The van der Waals surface area contributed by atoms with E-state index < -0.39 is 20.5 Å². The van der Waals surface area contributed by atoms with Crippen LogP contribution in [-0.4, -0.2) is 0 Å². The molecule has 0 radical (unpaired) electrons. The number of allylic oxidation sites excluding steroid dienone is 2. The molecule has 0 atom stereocenters. The summed E-state index contributed by atoms with van der Waals surface area (Å²) in [6, 6.07) is 50.0. The molecule has 9 heteroatoms. The standard InChI is InChI=1S/C40H30BrFO5P2/c41-33-28-26-31(27-29-33)38(40(42)49(44,45-34-18-8-2-9-19-34)46-35-20-10-3-11-21-35)30-39(32-16-6-1-7-17-32)47-48(43,36-22-12-4-13-23-36)37-24-14-5-15-25-37/h1-30H. The Balaban J connectivity index is 1.60. The molecule has 0 unspecified atom stereocenters. The van der Waals surface area contributed by atoms with E-state index in [-0.39, 0.29) is 22.8 Å². The first-order chi connectivity index (χ1) is 23.8. The highest BCUT2D eigenvalue weighted by Gasteiger charge is 2.39. The van der Waals surface area contributed by atoms with E-state index in [9.17, 15) is 4.57 Å². The fourth-order valence-electron chi connectivity index (χ4n) is 4.92. The van der Waals surface area contributed by atoms with Gasteiger partial charge >= 0.3 is 15.0 Å². The summed E-state index contributed by atoms with van der Waals surface area (Å²) in [7, 11) is -8.60. The number of hydrogen-bond donors (Lipinski definition) is 0. The van der Waals surface area contributed by atoms with Crippen LogP contribution in [0.2, 0.25) is 0 Å². The van der Waals surface area contributed by atoms with E-state index >= 15 is 8.96 Å². The van der Waals surface area contributed by atoms with Crippen LogP contribution < -0.4 is 19.7 Å². The minimum atomic E-state index is -4.77. The summed E-state index contributed by atoms with van der Waals surface area (Å²) in [5.74, 6) is 0.372. The van der Waals surface area contributed by atoms with Crippen molar-refractivity contribution in [2.24, 2.45) is 0 Å². The second-order valence-corrected chi connectivity index (χ2v) is 15.7. The molecule has 0 amide bonds. The molecule has 0 fully saturated rings. The van der Waals surface area contributed by atoms with Gasteiger partial charge in [-0.1, -0.05) is 131 Å². The first kappa shape index (κ1) is 34.0. The van der Waals surface area contributed by atoms with Crippen LogP contribution in [-0.2, 0) is 13.7 Å². The van der Waals surface area contributed by atoms with Crippen molar-refractivity contribution >= 4 is 52.8 Å². The highest BCUT2D eigenvalue weighted by molar-refractivity contribution is 9.10. The molecule has 0 aromatic heterocycles. The zero-order chi connectivity index (χ0) is 34.1. The molecular weight excluding hydrogens is 721 g/mol. The second kappa shape index (κ2) is 15.5. The topological polar surface area (TPSA) is 61.8 Å². The maximum Gasteiger partial charge on any atom is 0.491 e. The SMILES string of the molecule is O=P(Oc1ccccc1)(Oc1ccccc1)C(F)=C(C=C(OP(=O)(c1ccccc1)c1ccccc1)c1ccccc1)c1ccc(Br)cc1. The van der Waals surface area contributed by atoms with Gasteiger partial charge < -0.3 is 13.6 Å². The van der Waals surface area contributed by atoms with Crippen molar-refractivity contribution in [1.29, 1.82) is 0 Å². The molecule has 0 aliphatic carbocycles. The zero-order valence-corrected chi connectivity index (χ0v) is 29.4. The third-order valence-corrected chi connectivity index (χ3v) is 11.9. The van der Waals surface area contributed by atoms with Gasteiger partial charge in [0.1, 0.15) is 17.3 Å². The Morgan fingerprint density at radius 2 is 0.939 bits per heavy atom. The molecule has 244 valence electrons. The normalized spacial score (nSPS) is 12.5. The molecule has 0 aliphatic heterocycles. The average molecular weight is 752 g/mol. The third kappa shape index (κ3) is 8.21. The van der Waals surface area contributed by atoms with Gasteiger partial charge in [-0.2, -0.15) is 4.39 Å². The molecule has 0 heterocycles. The molecule has 5 nitrogen and oxygen atoms in total. The molecule has 0 saturated heterocycles. The van der Waals surface area contributed by atoms with Crippen LogP contribution in [0.5, 0.6) is 11.5 Å². The zero-order valence-electron chi connectivity index (χ0n) is 26.0. The van der Waals surface area contributed by atoms with Crippen molar-refractivity contribution in [3.63, 3.8) is 0 Å². The van der Waals surface area contributed by atoms with Crippen LogP contribution in [0, 0.1) is 0 Å². The Kier molecular flexibility index (Phi) is 10.8. The van der Waals surface area contributed by atoms with Gasteiger partial charge in [-0.25, -0.2) is 4.57 Å². The lowest BCUT2D eigenvalue weighted by atomic mass is 10.0. The lowest BCUT2D eigenvalue weighted by molar-refractivity contribution is 0.381. The third-order valence-electron chi connectivity index (χ3n) is 7.31. The van der Waals surface area contributed by atoms with Crippen LogP contribution in [0.25, 0.3) is 11.3 Å². The quantitative estimate of drug-likeness (QED) is 0.0708. The minimum absolute atomic E-state index is 0.0793. The summed E-state index contributed by atoms with van der Waals surface area (Å²) in [6.45, 7) is 0. The van der Waals surface area contributed by atoms with E-state index in [2.05, 4.69) is 15.9 Å². The summed E-state index contributed by atoms with van der Waals surface area (Å²) < 4.78 is 66.4. The molecule has 6 aromatic rings. The highest BCUT2D eigenvalue weighted by Crippen LogP contribution is 2.59. The molecule has 0 N–H and O–H groups in total. The number of hydrogen-bond acceptors (Lipinski definition) is 5. The van der Waals surface area contributed by atoms with Gasteiger partial charge in [0.25, 0.3) is 0 Å². The number of halogens is 2. The van der Waals surface area contributed by atoms with Gasteiger partial charge in [0.05, 0.1) is 10.6 Å². The minimum Gasteiger partial charge on any atom is -0.436 e. The van der Waals surface area contributed by atoms with Crippen LogP contribution in [0.15, 0.2) is 192 Å². The van der Waals surface area contributed by atoms with E-state index in [4.69, 9.17) is 13.6 Å². The van der Waals surface area contributed by atoms with Crippen molar-refractivity contribution in [1.82, 2.24) is 0 Å². The van der Waals surface area contributed by atoms with E-state index in [0.717, 1.165) is 4.47 Å². The van der Waals surface area contributed by atoms with Crippen molar-refractivity contribution < 1.29 is 27.1 Å². The molecule has 0 saturated carbocycles. The van der Waals surface area contributed by atoms with Crippen molar-refractivity contribution in [3.8, 4) is 11.5 Å². The van der Waals surface area contributed by atoms with Crippen molar-refractivity contribution in [2.75, 3.05) is 0 Å². The lowest BCUT2D eigenvalue weighted by Crippen LogP contribution is -2.17. The molecule has 6 rings (SSSR count). The molecule has 0 bridgehead atoms. The summed E-state index contributed by atoms with van der Waals surface area (Å²) >= 11 is 3.45. The lowest BCUT2D eigenvalue weighted by Gasteiger charge is -2.24. The summed E-state index contributed by atoms with van der Waals surface area (Å²) in [4.78, 5) is 0. The first-order valence-electron chi connectivity index (χ1n) is 15.3. The van der Waals surface area contributed by atoms with Crippen LogP contribution in [0.4, 0.5) is 4.39 Å². The fourth-order valence-corrected chi connectivity index (χ4v) is 8.74. The van der Waals surface area contributed by atoms with Gasteiger partial charge in [-0.3, -0.25) is 4.57 Å². The van der Waals surface area contributed by atoms with Crippen molar-refractivity contribution in [2.45, 2.75) is 0 Å². The maximum atomic E-state index is 17.4. The predicted molar refractivity (Wildman–Crippen MR) is 199 cm³/mol. The Bertz CT molecular complexity index is 2060. The number of benzene rings is 6. The Morgan fingerprint density at radius 1 is 0.531 bits per heavy atom.